The van der Waals surface area contributed by atoms with Crippen molar-refractivity contribution in [3.05, 3.63) is 21.8 Å². The third-order valence-corrected chi connectivity index (χ3v) is 2.02. The van der Waals surface area contributed by atoms with E-state index in [1.54, 1.807) is 12.3 Å². The van der Waals surface area contributed by atoms with Gasteiger partial charge in [-0.3, -0.25) is 0 Å². The molecule has 72 valence electrons. The zero-order chi connectivity index (χ0) is 9.68. The molecule has 0 aliphatic carbocycles. The Balaban J connectivity index is 2.56. The van der Waals surface area contributed by atoms with Crippen LogP contribution in [0.15, 0.2) is 16.7 Å². The lowest BCUT2D eigenvalue weighted by atomic mass is 10.4. The van der Waals surface area contributed by atoms with Crippen LogP contribution in [-0.4, -0.2) is 23.3 Å². The molecule has 1 heterocycles. The Hall–Kier alpha value is -0.320. The maximum atomic E-state index is 8.52. The third kappa shape index (κ3) is 3.50. The lowest BCUT2D eigenvalue weighted by Crippen LogP contribution is -2.01. The van der Waals surface area contributed by atoms with Crippen LogP contribution in [-0.2, 0) is 0 Å². The monoisotopic (exact) mass is 265 g/mol. The standard InChI is InChI=1S/C8H9BrClNO2/c9-6-4-7(10)8(11-5-6)13-3-1-2-12/h4-5,12H,1-3H2. The van der Waals surface area contributed by atoms with Crippen molar-refractivity contribution in [1.29, 1.82) is 0 Å². The van der Waals surface area contributed by atoms with Crippen LogP contribution in [0.25, 0.3) is 0 Å². The largest absolute Gasteiger partial charge is 0.477 e. The Morgan fingerprint density at radius 2 is 2.38 bits per heavy atom. The van der Waals surface area contributed by atoms with Crippen LogP contribution in [0.1, 0.15) is 6.42 Å². The molecule has 0 aliphatic rings. The topological polar surface area (TPSA) is 42.4 Å². The molecule has 5 heteroatoms. The number of pyridine rings is 1. The van der Waals surface area contributed by atoms with Gasteiger partial charge in [0.1, 0.15) is 5.02 Å². The third-order valence-electron chi connectivity index (χ3n) is 1.32. The van der Waals surface area contributed by atoms with Crippen molar-refractivity contribution in [2.24, 2.45) is 0 Å². The SMILES string of the molecule is OCCCOc1ncc(Br)cc1Cl. The maximum absolute atomic E-state index is 8.52. The Bertz CT molecular complexity index is 283. The average Bonchev–Trinajstić information content (AvgIpc) is 2.09. The molecule has 0 saturated heterocycles. The van der Waals surface area contributed by atoms with Crippen LogP contribution in [0.5, 0.6) is 5.88 Å². The predicted octanol–water partition coefficient (Wildman–Crippen LogP) is 2.26. The molecule has 0 spiro atoms. The minimum atomic E-state index is 0.105. The van der Waals surface area contributed by atoms with Crippen LogP contribution in [0.2, 0.25) is 5.02 Å². The molecular weight excluding hydrogens is 257 g/mol. The van der Waals surface area contributed by atoms with E-state index in [0.29, 0.717) is 23.9 Å². The van der Waals surface area contributed by atoms with Gasteiger partial charge in [-0.25, -0.2) is 4.98 Å². The quantitative estimate of drug-likeness (QED) is 0.850. The molecule has 13 heavy (non-hydrogen) atoms. The molecule has 0 saturated carbocycles. The van der Waals surface area contributed by atoms with Crippen LogP contribution >= 0.6 is 27.5 Å². The van der Waals surface area contributed by atoms with Gasteiger partial charge in [0.05, 0.1) is 6.61 Å². The van der Waals surface area contributed by atoms with E-state index in [4.69, 9.17) is 21.4 Å². The number of ether oxygens (including phenoxy) is 1. The number of rotatable bonds is 4. The van der Waals surface area contributed by atoms with Gasteiger partial charge in [-0.05, 0) is 22.0 Å². The molecule has 0 fully saturated rings. The lowest BCUT2D eigenvalue weighted by molar-refractivity contribution is 0.229. The van der Waals surface area contributed by atoms with E-state index in [0.717, 1.165) is 4.47 Å². The zero-order valence-electron chi connectivity index (χ0n) is 6.83. The van der Waals surface area contributed by atoms with Crippen molar-refractivity contribution in [1.82, 2.24) is 4.98 Å². The van der Waals surface area contributed by atoms with Crippen molar-refractivity contribution >= 4 is 27.5 Å². The van der Waals surface area contributed by atoms with Crippen LogP contribution in [0.3, 0.4) is 0 Å². The Labute approximate surface area is 89.8 Å². The number of aliphatic hydroxyl groups is 1. The average molecular weight is 267 g/mol. The highest BCUT2D eigenvalue weighted by molar-refractivity contribution is 9.10. The molecule has 0 aliphatic heterocycles. The Morgan fingerprint density at radius 1 is 1.62 bits per heavy atom. The van der Waals surface area contributed by atoms with Crippen molar-refractivity contribution in [3.8, 4) is 5.88 Å². The van der Waals surface area contributed by atoms with Gasteiger partial charge in [0, 0.05) is 23.7 Å². The number of halogens is 2. The van der Waals surface area contributed by atoms with E-state index in [1.165, 1.54) is 0 Å². The minimum Gasteiger partial charge on any atom is -0.477 e. The summed E-state index contributed by atoms with van der Waals surface area (Å²) in [4.78, 5) is 3.97. The summed E-state index contributed by atoms with van der Waals surface area (Å²) >= 11 is 9.06. The molecule has 0 atom stereocenters. The first-order chi connectivity index (χ1) is 6.24. The van der Waals surface area contributed by atoms with Crippen LogP contribution < -0.4 is 4.74 Å². The molecule has 0 unspecified atom stereocenters. The molecule has 1 aromatic heterocycles. The number of hydrogen-bond donors (Lipinski definition) is 1. The summed E-state index contributed by atoms with van der Waals surface area (Å²) < 4.78 is 6.02. The van der Waals surface area contributed by atoms with Crippen molar-refractivity contribution in [2.75, 3.05) is 13.2 Å². The first kappa shape index (κ1) is 10.8. The second-order valence-electron chi connectivity index (χ2n) is 2.37. The molecule has 1 rings (SSSR count). The van der Waals surface area contributed by atoms with Gasteiger partial charge in [-0.15, -0.1) is 0 Å². The Morgan fingerprint density at radius 3 is 3.00 bits per heavy atom. The number of hydrogen-bond acceptors (Lipinski definition) is 3. The van der Waals surface area contributed by atoms with E-state index in [2.05, 4.69) is 20.9 Å². The minimum absolute atomic E-state index is 0.105. The maximum Gasteiger partial charge on any atom is 0.232 e. The van der Waals surface area contributed by atoms with Gasteiger partial charge >= 0.3 is 0 Å². The summed E-state index contributed by atoms with van der Waals surface area (Å²) in [5.74, 6) is 0.401. The summed E-state index contributed by atoms with van der Waals surface area (Å²) in [6.07, 6.45) is 2.19. The van der Waals surface area contributed by atoms with E-state index in [9.17, 15) is 0 Å². The highest BCUT2D eigenvalue weighted by Gasteiger charge is 2.02. The fourth-order valence-corrected chi connectivity index (χ4v) is 1.43. The molecule has 1 aromatic rings. The number of nitrogens with zero attached hydrogens (tertiary/aromatic N) is 1. The van der Waals surface area contributed by atoms with Crippen molar-refractivity contribution in [3.63, 3.8) is 0 Å². The van der Waals surface area contributed by atoms with Gasteiger partial charge in [0.2, 0.25) is 5.88 Å². The second kappa shape index (κ2) is 5.42. The second-order valence-corrected chi connectivity index (χ2v) is 3.69. The predicted molar refractivity (Wildman–Crippen MR) is 54.1 cm³/mol. The first-order valence-electron chi connectivity index (χ1n) is 3.78. The van der Waals surface area contributed by atoms with Crippen LogP contribution in [0, 0.1) is 0 Å². The van der Waals surface area contributed by atoms with Crippen molar-refractivity contribution in [2.45, 2.75) is 6.42 Å². The number of aliphatic hydroxyl groups excluding tert-OH is 1. The van der Waals surface area contributed by atoms with Crippen LogP contribution in [0.4, 0.5) is 0 Å². The molecular formula is C8H9BrClNO2. The molecule has 0 amide bonds. The van der Waals surface area contributed by atoms with Gasteiger partial charge in [-0.1, -0.05) is 11.6 Å². The molecule has 1 N–H and O–H groups in total. The zero-order valence-corrected chi connectivity index (χ0v) is 9.18. The lowest BCUT2D eigenvalue weighted by Gasteiger charge is -2.05. The van der Waals surface area contributed by atoms with E-state index in [-0.39, 0.29) is 6.61 Å². The van der Waals surface area contributed by atoms with Gasteiger partial charge < -0.3 is 9.84 Å². The molecule has 3 nitrogen and oxygen atoms in total. The van der Waals surface area contributed by atoms with E-state index >= 15 is 0 Å². The smallest absolute Gasteiger partial charge is 0.232 e. The summed E-state index contributed by atoms with van der Waals surface area (Å²) in [6, 6.07) is 1.71. The highest BCUT2D eigenvalue weighted by atomic mass is 79.9. The van der Waals surface area contributed by atoms with Crippen molar-refractivity contribution < 1.29 is 9.84 Å². The summed E-state index contributed by atoms with van der Waals surface area (Å²) in [6.45, 7) is 0.527. The summed E-state index contributed by atoms with van der Waals surface area (Å²) in [5, 5.41) is 8.98. The highest BCUT2D eigenvalue weighted by Crippen LogP contribution is 2.24. The summed E-state index contributed by atoms with van der Waals surface area (Å²) in [5.41, 5.74) is 0. The fourth-order valence-electron chi connectivity index (χ4n) is 0.742. The van der Waals surface area contributed by atoms with Gasteiger partial charge in [0.15, 0.2) is 0 Å². The molecule has 0 aromatic carbocycles. The Kier molecular flexibility index (Phi) is 4.48. The van der Waals surface area contributed by atoms with Gasteiger partial charge in [0.25, 0.3) is 0 Å². The van der Waals surface area contributed by atoms with E-state index < -0.39 is 0 Å². The fraction of sp³-hybridized carbons (Fsp3) is 0.375. The summed E-state index contributed by atoms with van der Waals surface area (Å²) in [7, 11) is 0. The van der Waals surface area contributed by atoms with E-state index in [1.807, 2.05) is 0 Å². The number of aromatic nitrogens is 1. The first-order valence-corrected chi connectivity index (χ1v) is 4.96. The van der Waals surface area contributed by atoms with Gasteiger partial charge in [-0.2, -0.15) is 0 Å². The normalized spacial score (nSPS) is 10.1. The molecule has 0 radical (unpaired) electrons. The molecule has 0 bridgehead atoms.